The lowest BCUT2D eigenvalue weighted by Gasteiger charge is -2.39. The predicted molar refractivity (Wildman–Crippen MR) is 134 cm³/mol. The predicted octanol–water partition coefficient (Wildman–Crippen LogP) is 4.14. The minimum Gasteiger partial charge on any atom is -0.492 e. The highest BCUT2D eigenvalue weighted by molar-refractivity contribution is 7.89. The third kappa shape index (κ3) is 5.46. The average Bonchev–Trinajstić information content (AvgIpc) is 2.85. The largest absolute Gasteiger partial charge is 0.492 e. The summed E-state index contributed by atoms with van der Waals surface area (Å²) in [6.45, 7) is 5.51. The topological polar surface area (TPSA) is 70.2 Å². The molecule has 0 aromatic heterocycles. The second kappa shape index (κ2) is 10.7. The Kier molecular flexibility index (Phi) is 7.92. The van der Waals surface area contributed by atoms with Gasteiger partial charge in [-0.25, -0.2) is 8.42 Å². The van der Waals surface area contributed by atoms with Crippen molar-refractivity contribution in [3.8, 4) is 5.75 Å². The monoisotopic (exact) mass is 525 g/mol. The van der Waals surface area contributed by atoms with Crippen LogP contribution < -0.4 is 9.64 Å². The Bertz CT molecular complexity index is 1130. The summed E-state index contributed by atoms with van der Waals surface area (Å²) in [5.41, 5.74) is 1.06. The number of piperazine rings is 1. The Morgan fingerprint density at radius 3 is 2.29 bits per heavy atom. The third-order valence-electron chi connectivity index (χ3n) is 6.39. The molecule has 7 nitrogen and oxygen atoms in total. The van der Waals surface area contributed by atoms with E-state index in [0.29, 0.717) is 61.4 Å². The van der Waals surface area contributed by atoms with E-state index in [1.807, 2.05) is 29.2 Å². The number of nitrogens with zero attached hydrogens (tertiary/aromatic N) is 3. The van der Waals surface area contributed by atoms with Gasteiger partial charge < -0.3 is 14.5 Å². The zero-order valence-corrected chi connectivity index (χ0v) is 21.4. The normalized spacial score (nSPS) is 18.2. The van der Waals surface area contributed by atoms with E-state index in [1.165, 1.54) is 10.4 Å². The minimum atomic E-state index is -3.77. The highest BCUT2D eigenvalue weighted by Crippen LogP contribution is 2.32. The highest BCUT2D eigenvalue weighted by Gasteiger charge is 2.36. The summed E-state index contributed by atoms with van der Waals surface area (Å²) >= 11 is 12.2. The first-order valence-corrected chi connectivity index (χ1v) is 13.7. The second-order valence-corrected chi connectivity index (χ2v) is 11.3. The van der Waals surface area contributed by atoms with E-state index >= 15 is 0 Å². The minimum absolute atomic E-state index is 0.0729. The van der Waals surface area contributed by atoms with E-state index < -0.39 is 10.0 Å². The average molecular weight is 526 g/mol. The molecule has 10 heteroatoms. The van der Waals surface area contributed by atoms with Crippen LogP contribution in [0.4, 0.5) is 5.69 Å². The standard InChI is InChI=1S/C24H29Cl2N3O4S/c1-2-33-22-7-6-20(26)17-23(22)34(31,32)29-10-8-18(9-11-29)24(30)28-14-12-27(13-15-28)21-5-3-4-19(25)16-21/h3-7,16-18H,2,8-15H2,1H3. The van der Waals surface area contributed by atoms with Crippen LogP contribution in [0.1, 0.15) is 19.8 Å². The number of amides is 1. The van der Waals surface area contributed by atoms with Crippen molar-refractivity contribution in [3.05, 3.63) is 52.5 Å². The quantitative estimate of drug-likeness (QED) is 0.566. The molecule has 2 aromatic rings. The van der Waals surface area contributed by atoms with Gasteiger partial charge in [0.2, 0.25) is 15.9 Å². The molecule has 2 saturated heterocycles. The van der Waals surface area contributed by atoms with E-state index in [1.54, 1.807) is 19.1 Å². The van der Waals surface area contributed by atoms with Crippen LogP contribution in [0.15, 0.2) is 47.4 Å². The van der Waals surface area contributed by atoms with Crippen molar-refractivity contribution in [2.24, 2.45) is 5.92 Å². The van der Waals surface area contributed by atoms with Crippen LogP contribution in [0.25, 0.3) is 0 Å². The maximum atomic E-state index is 13.3. The van der Waals surface area contributed by atoms with E-state index in [0.717, 1.165) is 18.8 Å². The number of halogens is 2. The Balaban J connectivity index is 1.35. The summed E-state index contributed by atoms with van der Waals surface area (Å²) in [6, 6.07) is 12.4. The molecule has 0 radical (unpaired) electrons. The molecular formula is C24H29Cl2N3O4S. The molecule has 2 aromatic carbocycles. The highest BCUT2D eigenvalue weighted by atomic mass is 35.5. The van der Waals surface area contributed by atoms with Crippen molar-refractivity contribution in [2.45, 2.75) is 24.7 Å². The van der Waals surface area contributed by atoms with Crippen molar-refractivity contribution in [1.29, 1.82) is 0 Å². The maximum Gasteiger partial charge on any atom is 0.246 e. The molecule has 1 amide bonds. The summed E-state index contributed by atoms with van der Waals surface area (Å²) in [6.07, 6.45) is 0.994. The van der Waals surface area contributed by atoms with Gasteiger partial charge in [-0.3, -0.25) is 4.79 Å². The Morgan fingerprint density at radius 2 is 1.65 bits per heavy atom. The number of sulfonamides is 1. The lowest BCUT2D eigenvalue weighted by molar-refractivity contribution is -0.137. The molecule has 2 heterocycles. The summed E-state index contributed by atoms with van der Waals surface area (Å²) < 4.78 is 33.5. The molecule has 4 rings (SSSR count). The number of piperidine rings is 1. The van der Waals surface area contributed by atoms with Gasteiger partial charge in [-0.1, -0.05) is 29.3 Å². The first-order chi connectivity index (χ1) is 16.3. The molecule has 0 spiro atoms. The molecule has 0 saturated carbocycles. The number of carbonyl (C=O) groups is 1. The summed E-state index contributed by atoms with van der Waals surface area (Å²) in [4.78, 5) is 17.3. The Hall–Kier alpha value is -2.00. The summed E-state index contributed by atoms with van der Waals surface area (Å²) in [7, 11) is -3.77. The van der Waals surface area contributed by atoms with Gasteiger partial charge in [-0.05, 0) is 56.2 Å². The van der Waals surface area contributed by atoms with Crippen LogP contribution in [0.5, 0.6) is 5.75 Å². The number of ether oxygens (including phenoxy) is 1. The number of benzene rings is 2. The number of hydrogen-bond acceptors (Lipinski definition) is 5. The molecule has 2 aliphatic rings. The Labute approximate surface area is 211 Å². The van der Waals surface area contributed by atoms with Crippen LogP contribution in [-0.2, 0) is 14.8 Å². The molecule has 2 fully saturated rings. The molecule has 0 aliphatic carbocycles. The third-order valence-corrected chi connectivity index (χ3v) is 8.78. The number of anilines is 1. The van der Waals surface area contributed by atoms with Crippen molar-refractivity contribution in [1.82, 2.24) is 9.21 Å². The van der Waals surface area contributed by atoms with Crippen LogP contribution in [0.3, 0.4) is 0 Å². The van der Waals surface area contributed by atoms with Gasteiger partial charge in [0.1, 0.15) is 10.6 Å². The molecular weight excluding hydrogens is 497 g/mol. The fourth-order valence-electron chi connectivity index (χ4n) is 4.56. The van der Waals surface area contributed by atoms with Crippen LogP contribution in [-0.4, -0.2) is 69.4 Å². The number of rotatable bonds is 6. The van der Waals surface area contributed by atoms with Crippen LogP contribution in [0, 0.1) is 5.92 Å². The number of carbonyl (C=O) groups excluding carboxylic acids is 1. The van der Waals surface area contributed by atoms with Crippen molar-refractivity contribution < 1.29 is 17.9 Å². The van der Waals surface area contributed by atoms with Crippen LogP contribution in [0.2, 0.25) is 10.0 Å². The molecule has 2 aliphatic heterocycles. The number of hydrogen-bond donors (Lipinski definition) is 0. The van der Waals surface area contributed by atoms with Gasteiger partial charge in [0, 0.05) is 60.9 Å². The molecule has 34 heavy (non-hydrogen) atoms. The second-order valence-electron chi connectivity index (χ2n) is 8.49. The van der Waals surface area contributed by atoms with Gasteiger partial charge >= 0.3 is 0 Å². The van der Waals surface area contributed by atoms with Gasteiger partial charge in [0.15, 0.2) is 0 Å². The van der Waals surface area contributed by atoms with Gasteiger partial charge in [0.25, 0.3) is 0 Å². The molecule has 0 unspecified atom stereocenters. The van der Waals surface area contributed by atoms with E-state index in [2.05, 4.69) is 4.90 Å². The van der Waals surface area contributed by atoms with E-state index in [-0.39, 0.29) is 16.7 Å². The van der Waals surface area contributed by atoms with Gasteiger partial charge in [-0.15, -0.1) is 0 Å². The fourth-order valence-corrected chi connectivity index (χ4v) is 6.60. The molecule has 0 bridgehead atoms. The van der Waals surface area contributed by atoms with Gasteiger partial charge in [-0.2, -0.15) is 4.31 Å². The van der Waals surface area contributed by atoms with Crippen molar-refractivity contribution in [3.63, 3.8) is 0 Å². The summed E-state index contributed by atoms with van der Waals surface area (Å²) in [5, 5.41) is 1.04. The van der Waals surface area contributed by atoms with Crippen molar-refractivity contribution >= 4 is 44.8 Å². The van der Waals surface area contributed by atoms with E-state index in [9.17, 15) is 13.2 Å². The lowest BCUT2D eigenvalue weighted by atomic mass is 9.96. The first kappa shape index (κ1) is 25.1. The van der Waals surface area contributed by atoms with Gasteiger partial charge in [0.05, 0.1) is 6.61 Å². The molecule has 0 atom stereocenters. The van der Waals surface area contributed by atoms with Crippen molar-refractivity contribution in [2.75, 3.05) is 50.8 Å². The first-order valence-electron chi connectivity index (χ1n) is 11.5. The SMILES string of the molecule is CCOc1ccc(Cl)cc1S(=O)(=O)N1CCC(C(=O)N2CCN(c3cccc(Cl)c3)CC2)CC1. The Morgan fingerprint density at radius 1 is 0.971 bits per heavy atom. The lowest BCUT2D eigenvalue weighted by Crippen LogP contribution is -2.52. The molecule has 184 valence electrons. The molecule has 0 N–H and O–H groups in total. The van der Waals surface area contributed by atoms with E-state index in [4.69, 9.17) is 27.9 Å². The zero-order chi connectivity index (χ0) is 24.3. The maximum absolute atomic E-state index is 13.3. The fraction of sp³-hybridized carbons (Fsp3) is 0.458. The smallest absolute Gasteiger partial charge is 0.246 e. The van der Waals surface area contributed by atoms with Crippen LogP contribution >= 0.6 is 23.2 Å². The summed E-state index contributed by atoms with van der Waals surface area (Å²) in [5.74, 6) is 0.234. The zero-order valence-electron chi connectivity index (χ0n) is 19.1.